The van der Waals surface area contributed by atoms with Gasteiger partial charge >= 0.3 is 29.6 Å². The summed E-state index contributed by atoms with van der Waals surface area (Å²) in [5, 5.41) is 18.3. The van der Waals surface area contributed by atoms with Crippen LogP contribution in [0.25, 0.3) is 0 Å². The Balaban J connectivity index is 0. The van der Waals surface area contributed by atoms with Crippen LogP contribution in [-0.2, 0) is 4.79 Å². The van der Waals surface area contributed by atoms with E-state index in [-0.39, 0.29) is 36.2 Å². The summed E-state index contributed by atoms with van der Waals surface area (Å²) < 4.78 is 0. The zero-order valence-electron chi connectivity index (χ0n) is 6.75. The van der Waals surface area contributed by atoms with Crippen molar-refractivity contribution in [1.29, 1.82) is 0 Å². The summed E-state index contributed by atoms with van der Waals surface area (Å²) in [6.07, 6.45) is 1.61. The minimum atomic E-state index is -1.22. The van der Waals surface area contributed by atoms with Gasteiger partial charge < -0.3 is 20.7 Å². The molecule has 3 N–H and O–H groups in total. The molecule has 0 saturated carbocycles. The fourth-order valence-corrected chi connectivity index (χ4v) is 0.594. The van der Waals surface area contributed by atoms with Gasteiger partial charge in [-0.1, -0.05) is 0 Å². The van der Waals surface area contributed by atoms with E-state index in [1.54, 1.807) is 0 Å². The smallest absolute Gasteiger partial charge is 0.548 e. The monoisotopic (exact) mass is 169 g/mol. The predicted molar refractivity (Wildman–Crippen MR) is 33.9 cm³/mol. The first-order valence-corrected chi connectivity index (χ1v) is 3.25. The van der Waals surface area contributed by atoms with Gasteiger partial charge in [-0.25, -0.2) is 0 Å². The Labute approximate surface area is 88.1 Å². The number of nitrogens with two attached hydrogens (primary N) is 1. The number of unbranched alkanes of at least 4 members (excludes halogenated alkanes) is 1. The normalized spacial score (nSPS) is 11.8. The Kier molecular flexibility index (Phi) is 10.8. The standard InChI is InChI=1S/C6H13NO3.Na/c7-5(6(9)10)3-1-2-4-8;/h5,8H,1-4,7H2,(H,9,10);/q;+1/p-1. The largest absolute Gasteiger partial charge is 1.00 e. The average Bonchev–Trinajstić information content (AvgIpc) is 1.88. The first-order chi connectivity index (χ1) is 4.68. The predicted octanol–water partition coefficient (Wildman–Crippen LogP) is -4.77. The fourth-order valence-electron chi connectivity index (χ4n) is 0.594. The molecule has 60 valence electrons. The van der Waals surface area contributed by atoms with E-state index in [1.807, 2.05) is 0 Å². The Bertz CT molecular complexity index is 110. The minimum Gasteiger partial charge on any atom is -0.548 e. The number of aliphatic hydroxyl groups is 1. The summed E-state index contributed by atoms with van der Waals surface area (Å²) >= 11 is 0. The summed E-state index contributed by atoms with van der Waals surface area (Å²) in [6, 6.07) is -0.883. The Morgan fingerprint density at radius 3 is 2.45 bits per heavy atom. The van der Waals surface area contributed by atoms with Crippen molar-refractivity contribution < 1.29 is 44.6 Å². The summed E-state index contributed by atoms with van der Waals surface area (Å²) in [7, 11) is 0. The van der Waals surface area contributed by atoms with Crippen molar-refractivity contribution in [2.75, 3.05) is 6.61 Å². The number of carboxylic acid groups (broad SMARTS) is 1. The van der Waals surface area contributed by atoms with Crippen molar-refractivity contribution in [2.24, 2.45) is 5.73 Å². The molecule has 4 nitrogen and oxygen atoms in total. The van der Waals surface area contributed by atoms with Gasteiger partial charge in [-0.05, 0) is 19.3 Å². The van der Waals surface area contributed by atoms with E-state index in [1.165, 1.54) is 0 Å². The molecule has 0 radical (unpaired) electrons. The maximum absolute atomic E-state index is 9.99. The first kappa shape index (κ1) is 13.9. The molecule has 0 amide bonds. The minimum absolute atomic E-state index is 0. The van der Waals surface area contributed by atoms with E-state index < -0.39 is 12.0 Å². The van der Waals surface area contributed by atoms with Crippen LogP contribution in [0.15, 0.2) is 0 Å². The van der Waals surface area contributed by atoms with Crippen molar-refractivity contribution in [3.8, 4) is 0 Å². The van der Waals surface area contributed by atoms with E-state index in [0.717, 1.165) is 0 Å². The topological polar surface area (TPSA) is 86.4 Å². The maximum atomic E-state index is 9.99. The molecule has 0 fully saturated rings. The quantitative estimate of drug-likeness (QED) is 0.319. The van der Waals surface area contributed by atoms with Gasteiger partial charge in [0, 0.05) is 12.6 Å². The van der Waals surface area contributed by atoms with Crippen LogP contribution in [0.2, 0.25) is 0 Å². The molecule has 0 aromatic rings. The average molecular weight is 169 g/mol. The number of carboxylic acids is 1. The van der Waals surface area contributed by atoms with E-state index in [4.69, 9.17) is 10.8 Å². The number of carbonyl (C=O) groups is 1. The first-order valence-electron chi connectivity index (χ1n) is 3.25. The van der Waals surface area contributed by atoms with Crippen molar-refractivity contribution in [3.63, 3.8) is 0 Å². The van der Waals surface area contributed by atoms with Crippen molar-refractivity contribution in [3.05, 3.63) is 0 Å². The van der Waals surface area contributed by atoms with Gasteiger partial charge in [0.05, 0.1) is 5.97 Å². The molecule has 5 heteroatoms. The third kappa shape index (κ3) is 8.29. The Hall–Kier alpha value is 0.390. The molecule has 0 spiro atoms. The zero-order valence-corrected chi connectivity index (χ0v) is 8.75. The van der Waals surface area contributed by atoms with Crippen molar-refractivity contribution in [1.82, 2.24) is 0 Å². The van der Waals surface area contributed by atoms with Gasteiger partial charge in [0.25, 0.3) is 0 Å². The summed E-state index contributed by atoms with van der Waals surface area (Å²) in [6.45, 7) is 0.0831. The van der Waals surface area contributed by atoms with Crippen LogP contribution in [0.4, 0.5) is 0 Å². The summed E-state index contributed by atoms with van der Waals surface area (Å²) in [5.41, 5.74) is 5.11. The van der Waals surface area contributed by atoms with Gasteiger partial charge in [-0.15, -0.1) is 0 Å². The van der Waals surface area contributed by atoms with Crippen LogP contribution in [0, 0.1) is 0 Å². The molecule has 0 aromatic carbocycles. The molecule has 1 unspecified atom stereocenters. The molecular formula is C6H12NNaO3. The Morgan fingerprint density at radius 2 is 2.09 bits per heavy atom. The van der Waals surface area contributed by atoms with Gasteiger partial charge in [0.1, 0.15) is 0 Å². The number of hydrogen-bond acceptors (Lipinski definition) is 4. The van der Waals surface area contributed by atoms with Crippen LogP contribution in [-0.4, -0.2) is 23.7 Å². The molecule has 1 atom stereocenters. The van der Waals surface area contributed by atoms with E-state index >= 15 is 0 Å². The number of aliphatic carboxylic acids is 1. The molecule has 0 saturated heterocycles. The van der Waals surface area contributed by atoms with Crippen LogP contribution >= 0.6 is 0 Å². The molecule has 0 aromatic heterocycles. The van der Waals surface area contributed by atoms with Crippen LogP contribution in [0.1, 0.15) is 19.3 Å². The number of carbonyl (C=O) groups excluding carboxylic acids is 1. The van der Waals surface area contributed by atoms with E-state index in [9.17, 15) is 9.90 Å². The third-order valence-corrected chi connectivity index (χ3v) is 1.23. The van der Waals surface area contributed by atoms with Crippen molar-refractivity contribution in [2.45, 2.75) is 25.3 Å². The van der Waals surface area contributed by atoms with Gasteiger partial charge in [-0.2, -0.15) is 0 Å². The van der Waals surface area contributed by atoms with Crippen molar-refractivity contribution >= 4 is 5.97 Å². The molecule has 0 bridgehead atoms. The van der Waals surface area contributed by atoms with Crippen LogP contribution in [0.5, 0.6) is 0 Å². The summed E-state index contributed by atoms with van der Waals surface area (Å²) in [4.78, 5) is 9.99. The number of hydrogen-bond donors (Lipinski definition) is 2. The zero-order chi connectivity index (χ0) is 7.98. The second-order valence-electron chi connectivity index (χ2n) is 2.14. The summed E-state index contributed by atoms with van der Waals surface area (Å²) in [5.74, 6) is -1.22. The molecule has 0 aliphatic carbocycles. The molecule has 0 rings (SSSR count). The van der Waals surface area contributed by atoms with Crippen LogP contribution in [0.3, 0.4) is 0 Å². The molecule has 0 aliphatic rings. The SMILES string of the molecule is NC(CCCCO)C(=O)[O-].[Na+]. The number of rotatable bonds is 5. The molecule has 11 heavy (non-hydrogen) atoms. The van der Waals surface area contributed by atoms with Gasteiger partial charge in [0.2, 0.25) is 0 Å². The fraction of sp³-hybridized carbons (Fsp3) is 0.833. The van der Waals surface area contributed by atoms with Crippen LogP contribution < -0.4 is 40.4 Å². The molecule has 0 heterocycles. The second-order valence-corrected chi connectivity index (χ2v) is 2.14. The van der Waals surface area contributed by atoms with Gasteiger partial charge in [-0.3, -0.25) is 0 Å². The van der Waals surface area contributed by atoms with E-state index in [2.05, 4.69) is 0 Å². The molecule has 0 aliphatic heterocycles. The third-order valence-electron chi connectivity index (χ3n) is 1.23. The Morgan fingerprint density at radius 1 is 1.55 bits per heavy atom. The second kappa shape index (κ2) is 8.49. The van der Waals surface area contributed by atoms with Gasteiger partial charge in [0.15, 0.2) is 0 Å². The number of aliphatic hydroxyl groups excluding tert-OH is 1. The molecular weight excluding hydrogens is 157 g/mol. The van der Waals surface area contributed by atoms with E-state index in [0.29, 0.717) is 19.3 Å². The maximum Gasteiger partial charge on any atom is 1.00 e.